The molecule has 6 heteroatoms. The van der Waals surface area contributed by atoms with Gasteiger partial charge in [0.1, 0.15) is 0 Å². The fraction of sp³-hybridized carbons (Fsp3) is 0.700. The van der Waals surface area contributed by atoms with Crippen LogP contribution in [0.3, 0.4) is 0 Å². The minimum atomic E-state index is -4.05. The van der Waals surface area contributed by atoms with E-state index in [0.717, 1.165) is 18.7 Å². The van der Waals surface area contributed by atoms with Gasteiger partial charge in [0.15, 0.2) is 0 Å². The highest BCUT2D eigenvalue weighted by Gasteiger charge is 2.30. The molecule has 1 aliphatic rings. The molecule has 0 spiro atoms. The number of nitrogens with zero attached hydrogens (tertiary/aromatic N) is 2. The number of aromatic amines is 1. The lowest BCUT2D eigenvalue weighted by molar-refractivity contribution is -0.137. The normalized spacial score (nSPS) is 22.8. The molecule has 0 bridgehead atoms. The molecule has 1 aromatic heterocycles. The van der Waals surface area contributed by atoms with Crippen LogP contribution < -0.4 is 0 Å². The van der Waals surface area contributed by atoms with Gasteiger partial charge in [-0.3, -0.25) is 5.10 Å². The smallest absolute Gasteiger partial charge is 0.302 e. The van der Waals surface area contributed by atoms with Gasteiger partial charge in [-0.25, -0.2) is 0 Å². The van der Waals surface area contributed by atoms with Crippen LogP contribution in [-0.4, -0.2) is 40.9 Å². The second-order valence-electron chi connectivity index (χ2n) is 4.16. The zero-order valence-electron chi connectivity index (χ0n) is 8.80. The lowest BCUT2D eigenvalue weighted by Gasteiger charge is -2.16. The Balaban J connectivity index is 1.80. The second kappa shape index (κ2) is 4.45. The summed E-state index contributed by atoms with van der Waals surface area (Å²) in [4.78, 5) is 1.86. The summed E-state index contributed by atoms with van der Waals surface area (Å²) in [5.74, 6) is 0.302. The van der Waals surface area contributed by atoms with Gasteiger partial charge in [-0.1, -0.05) is 0 Å². The highest BCUT2D eigenvalue weighted by atomic mass is 19.4. The fourth-order valence-corrected chi connectivity index (χ4v) is 2.07. The molecule has 16 heavy (non-hydrogen) atoms. The summed E-state index contributed by atoms with van der Waals surface area (Å²) in [5.41, 5.74) is 1.02. The molecular weight excluding hydrogens is 219 g/mol. The number of H-pyrrole nitrogens is 1. The molecule has 1 aliphatic heterocycles. The first-order valence-corrected chi connectivity index (χ1v) is 5.33. The summed E-state index contributed by atoms with van der Waals surface area (Å²) >= 11 is 0. The zero-order chi connectivity index (χ0) is 11.6. The number of alkyl halides is 3. The molecule has 0 radical (unpaired) electrons. The number of aromatic nitrogens is 2. The van der Waals surface area contributed by atoms with Crippen molar-refractivity contribution in [1.29, 1.82) is 0 Å². The first-order valence-electron chi connectivity index (χ1n) is 5.33. The van der Waals surface area contributed by atoms with Crippen molar-refractivity contribution in [3.8, 4) is 0 Å². The van der Waals surface area contributed by atoms with Crippen LogP contribution in [0, 0.1) is 0 Å². The van der Waals surface area contributed by atoms with Gasteiger partial charge in [0.2, 0.25) is 0 Å². The number of nitrogens with one attached hydrogen (secondary N) is 1. The maximum atomic E-state index is 12.0. The van der Waals surface area contributed by atoms with E-state index in [1.807, 2.05) is 11.0 Å². The summed E-state index contributed by atoms with van der Waals surface area (Å²) in [5, 5.41) is 6.73. The van der Waals surface area contributed by atoms with Crippen molar-refractivity contribution in [2.24, 2.45) is 0 Å². The van der Waals surface area contributed by atoms with E-state index >= 15 is 0 Å². The maximum Gasteiger partial charge on any atom is 0.390 e. The van der Waals surface area contributed by atoms with Crippen molar-refractivity contribution in [2.75, 3.05) is 19.6 Å². The van der Waals surface area contributed by atoms with E-state index in [2.05, 4.69) is 10.2 Å². The van der Waals surface area contributed by atoms with Gasteiger partial charge in [0.25, 0.3) is 0 Å². The average molecular weight is 233 g/mol. The van der Waals surface area contributed by atoms with E-state index in [1.54, 1.807) is 6.20 Å². The van der Waals surface area contributed by atoms with E-state index < -0.39 is 12.6 Å². The molecule has 2 rings (SSSR count). The maximum absolute atomic E-state index is 12.0. The standard InChI is InChI=1S/C10H14F3N3/c11-10(12,13)3-6-16-5-2-8(7-16)9-1-4-14-15-9/h1,4,8H,2-3,5-7H2,(H,14,15). The van der Waals surface area contributed by atoms with E-state index in [-0.39, 0.29) is 6.54 Å². The van der Waals surface area contributed by atoms with Crippen LogP contribution in [0.2, 0.25) is 0 Å². The Kier molecular flexibility index (Phi) is 3.18. The van der Waals surface area contributed by atoms with Crippen LogP contribution in [-0.2, 0) is 0 Å². The first kappa shape index (κ1) is 11.4. The molecule has 3 nitrogen and oxygen atoms in total. The predicted molar refractivity (Wildman–Crippen MR) is 53.1 cm³/mol. The molecule has 0 aromatic carbocycles. The highest BCUT2D eigenvalue weighted by Crippen LogP contribution is 2.27. The third-order valence-electron chi connectivity index (χ3n) is 2.95. The Labute approximate surface area is 91.6 Å². The van der Waals surface area contributed by atoms with Gasteiger partial charge in [-0.15, -0.1) is 0 Å². The lowest BCUT2D eigenvalue weighted by atomic mass is 10.1. The van der Waals surface area contributed by atoms with Crippen LogP contribution in [0.4, 0.5) is 13.2 Å². The zero-order valence-corrected chi connectivity index (χ0v) is 8.80. The molecule has 1 N–H and O–H groups in total. The fourth-order valence-electron chi connectivity index (χ4n) is 2.07. The second-order valence-corrected chi connectivity index (χ2v) is 4.16. The van der Waals surface area contributed by atoms with E-state index in [1.165, 1.54) is 0 Å². The summed E-state index contributed by atoms with van der Waals surface area (Å²) in [7, 11) is 0. The monoisotopic (exact) mass is 233 g/mol. The summed E-state index contributed by atoms with van der Waals surface area (Å²) in [6.07, 6.45) is -2.19. The third-order valence-corrected chi connectivity index (χ3v) is 2.95. The van der Waals surface area contributed by atoms with Crippen molar-refractivity contribution >= 4 is 0 Å². The quantitative estimate of drug-likeness (QED) is 0.867. The Morgan fingerprint density at radius 1 is 1.50 bits per heavy atom. The minimum absolute atomic E-state index is 0.105. The van der Waals surface area contributed by atoms with E-state index in [9.17, 15) is 13.2 Å². The van der Waals surface area contributed by atoms with Crippen molar-refractivity contribution in [2.45, 2.75) is 24.9 Å². The van der Waals surface area contributed by atoms with Gasteiger partial charge < -0.3 is 4.90 Å². The van der Waals surface area contributed by atoms with Gasteiger partial charge in [-0.2, -0.15) is 18.3 Å². The van der Waals surface area contributed by atoms with Crippen LogP contribution in [0.25, 0.3) is 0 Å². The number of halogens is 3. The van der Waals surface area contributed by atoms with Crippen LogP contribution >= 0.6 is 0 Å². The van der Waals surface area contributed by atoms with E-state index in [4.69, 9.17) is 0 Å². The van der Waals surface area contributed by atoms with Gasteiger partial charge in [0, 0.05) is 30.9 Å². The predicted octanol–water partition coefficient (Wildman–Crippen LogP) is 2.15. The average Bonchev–Trinajstić information content (AvgIpc) is 2.84. The Morgan fingerprint density at radius 2 is 2.31 bits per heavy atom. The number of likely N-dealkylation sites (tertiary alicyclic amines) is 1. The third kappa shape index (κ3) is 2.98. The van der Waals surface area contributed by atoms with Crippen LogP contribution in [0.15, 0.2) is 12.3 Å². The Hall–Kier alpha value is -1.04. The topological polar surface area (TPSA) is 31.9 Å². The SMILES string of the molecule is FC(F)(F)CCN1CCC(c2ccn[nH]2)C1. The molecule has 90 valence electrons. The molecule has 0 amide bonds. The van der Waals surface area contributed by atoms with E-state index in [0.29, 0.717) is 12.5 Å². The number of rotatable bonds is 3. The molecule has 0 saturated carbocycles. The lowest BCUT2D eigenvalue weighted by Crippen LogP contribution is -2.26. The van der Waals surface area contributed by atoms with Crippen molar-refractivity contribution in [3.63, 3.8) is 0 Å². The molecule has 0 aliphatic carbocycles. The highest BCUT2D eigenvalue weighted by molar-refractivity contribution is 5.08. The summed E-state index contributed by atoms with van der Waals surface area (Å²) in [6.45, 7) is 1.53. The molecule has 1 saturated heterocycles. The summed E-state index contributed by atoms with van der Waals surface area (Å²) < 4.78 is 36.1. The van der Waals surface area contributed by atoms with Crippen molar-refractivity contribution < 1.29 is 13.2 Å². The molecule has 1 unspecified atom stereocenters. The van der Waals surface area contributed by atoms with Gasteiger partial charge >= 0.3 is 6.18 Å². The van der Waals surface area contributed by atoms with Crippen LogP contribution in [0.1, 0.15) is 24.5 Å². The molecule has 1 fully saturated rings. The number of hydrogen-bond acceptors (Lipinski definition) is 2. The minimum Gasteiger partial charge on any atom is -0.302 e. The number of hydrogen-bond donors (Lipinski definition) is 1. The summed E-state index contributed by atoms with van der Waals surface area (Å²) in [6, 6.07) is 1.89. The Bertz CT molecular complexity index is 321. The molecular formula is C10H14F3N3. The first-order chi connectivity index (χ1) is 7.54. The van der Waals surface area contributed by atoms with Crippen molar-refractivity contribution in [3.05, 3.63) is 18.0 Å². The molecule has 1 atom stereocenters. The van der Waals surface area contributed by atoms with Gasteiger partial charge in [0.05, 0.1) is 6.42 Å². The van der Waals surface area contributed by atoms with Crippen LogP contribution in [0.5, 0.6) is 0 Å². The van der Waals surface area contributed by atoms with Crippen molar-refractivity contribution in [1.82, 2.24) is 15.1 Å². The largest absolute Gasteiger partial charge is 0.390 e. The van der Waals surface area contributed by atoms with Gasteiger partial charge in [-0.05, 0) is 19.0 Å². The molecule has 1 aromatic rings. The Morgan fingerprint density at radius 3 is 2.94 bits per heavy atom. The molecule has 2 heterocycles.